The second-order valence-electron chi connectivity index (χ2n) is 4.12. The van der Waals surface area contributed by atoms with Crippen molar-refractivity contribution in [2.45, 2.75) is 13.3 Å². The summed E-state index contributed by atoms with van der Waals surface area (Å²) in [7, 11) is 0. The minimum Gasteiger partial charge on any atom is -0.293 e. The summed E-state index contributed by atoms with van der Waals surface area (Å²) in [6.07, 6.45) is 0.488. The molecule has 102 valence electrons. The number of benzene rings is 1. The highest BCUT2D eigenvalue weighted by Gasteiger charge is 2.18. The van der Waals surface area contributed by atoms with E-state index in [1.165, 1.54) is 11.3 Å². The molecule has 0 atom stereocenters. The predicted octanol–water partition coefficient (Wildman–Crippen LogP) is 5.32. The maximum atomic E-state index is 11.7. The van der Waals surface area contributed by atoms with Crippen LogP contribution in [0.2, 0.25) is 10.0 Å². The Kier molecular flexibility index (Phi) is 3.77. The molecule has 0 amide bonds. The van der Waals surface area contributed by atoms with Gasteiger partial charge in [-0.05, 0) is 18.2 Å². The molecule has 0 aliphatic carbocycles. The SMILES string of the molecule is CCC(=O)c1ccc(-c2c(Cl)cc(Cl)c3nsnc23)s1. The van der Waals surface area contributed by atoms with Gasteiger partial charge in [-0.25, -0.2) is 0 Å². The summed E-state index contributed by atoms with van der Waals surface area (Å²) in [4.78, 5) is 13.4. The van der Waals surface area contributed by atoms with Crippen LogP contribution in [0.3, 0.4) is 0 Å². The van der Waals surface area contributed by atoms with Gasteiger partial charge in [0.25, 0.3) is 0 Å². The van der Waals surface area contributed by atoms with Crippen molar-refractivity contribution >= 4 is 63.1 Å². The number of halogens is 2. The molecule has 3 aromatic rings. The van der Waals surface area contributed by atoms with E-state index < -0.39 is 0 Å². The lowest BCUT2D eigenvalue weighted by atomic mass is 10.1. The Morgan fingerprint density at radius 2 is 1.95 bits per heavy atom. The van der Waals surface area contributed by atoms with Crippen LogP contribution in [0.15, 0.2) is 18.2 Å². The lowest BCUT2D eigenvalue weighted by Gasteiger charge is -2.03. The van der Waals surface area contributed by atoms with Crippen LogP contribution in [0.1, 0.15) is 23.0 Å². The number of ketones is 1. The zero-order valence-electron chi connectivity index (χ0n) is 10.3. The lowest BCUT2D eigenvalue weighted by Crippen LogP contribution is -1.90. The molecule has 0 aliphatic heterocycles. The molecule has 0 spiro atoms. The molecule has 0 aliphatic rings. The molecule has 2 aromatic heterocycles. The average Bonchev–Trinajstić information content (AvgIpc) is 3.07. The first kappa shape index (κ1) is 13.9. The number of fused-ring (bicyclic) bond motifs is 1. The number of carbonyl (C=O) groups is 1. The summed E-state index contributed by atoms with van der Waals surface area (Å²) in [5.41, 5.74) is 2.12. The number of thiophene rings is 1. The molecule has 2 heterocycles. The molecule has 0 radical (unpaired) electrons. The van der Waals surface area contributed by atoms with E-state index in [1.54, 1.807) is 6.07 Å². The van der Waals surface area contributed by atoms with E-state index in [9.17, 15) is 4.79 Å². The quantitative estimate of drug-likeness (QED) is 0.605. The largest absolute Gasteiger partial charge is 0.293 e. The van der Waals surface area contributed by atoms with Crippen LogP contribution in [0.5, 0.6) is 0 Å². The number of rotatable bonds is 3. The van der Waals surface area contributed by atoms with Crippen molar-refractivity contribution < 1.29 is 4.79 Å². The van der Waals surface area contributed by atoms with Gasteiger partial charge in [-0.1, -0.05) is 30.1 Å². The maximum absolute atomic E-state index is 11.7. The monoisotopic (exact) mass is 342 g/mol. The smallest absolute Gasteiger partial charge is 0.172 e. The molecule has 0 fully saturated rings. The molecule has 20 heavy (non-hydrogen) atoms. The topological polar surface area (TPSA) is 42.9 Å². The molecule has 0 saturated heterocycles. The third-order valence-electron chi connectivity index (χ3n) is 2.89. The summed E-state index contributed by atoms with van der Waals surface area (Å²) < 4.78 is 8.46. The Bertz CT molecular complexity index is 810. The van der Waals surface area contributed by atoms with E-state index in [4.69, 9.17) is 23.2 Å². The fourth-order valence-corrected chi connectivity index (χ4v) is 4.25. The zero-order chi connectivity index (χ0) is 14.3. The summed E-state index contributed by atoms with van der Waals surface area (Å²) in [5.74, 6) is 0.124. The number of Topliss-reactive ketones (excluding diaryl/α,β-unsaturated/α-hetero) is 1. The highest BCUT2D eigenvalue weighted by Crippen LogP contribution is 2.41. The van der Waals surface area contributed by atoms with Crippen LogP contribution in [-0.2, 0) is 0 Å². The Hall–Kier alpha value is -1.01. The van der Waals surface area contributed by atoms with Gasteiger partial charge in [0.2, 0.25) is 0 Å². The second kappa shape index (κ2) is 5.41. The molecule has 3 nitrogen and oxygen atoms in total. The highest BCUT2D eigenvalue weighted by molar-refractivity contribution is 7.17. The Morgan fingerprint density at radius 1 is 1.20 bits per heavy atom. The number of hydrogen-bond acceptors (Lipinski definition) is 5. The van der Waals surface area contributed by atoms with Gasteiger partial charge in [0.1, 0.15) is 11.0 Å². The molecule has 7 heteroatoms. The van der Waals surface area contributed by atoms with Crippen molar-refractivity contribution in [1.29, 1.82) is 0 Å². The molecule has 3 rings (SSSR count). The normalized spacial score (nSPS) is 11.2. The van der Waals surface area contributed by atoms with E-state index in [1.807, 2.05) is 19.1 Å². The fraction of sp³-hybridized carbons (Fsp3) is 0.154. The van der Waals surface area contributed by atoms with Crippen molar-refractivity contribution in [3.05, 3.63) is 33.1 Å². The lowest BCUT2D eigenvalue weighted by molar-refractivity contribution is 0.0992. The molecule has 0 saturated carbocycles. The van der Waals surface area contributed by atoms with Gasteiger partial charge in [0, 0.05) is 16.9 Å². The number of carbonyl (C=O) groups excluding carboxylic acids is 1. The fourth-order valence-electron chi connectivity index (χ4n) is 1.90. The molecule has 0 unspecified atom stereocenters. The number of nitrogens with zero attached hydrogens (tertiary/aromatic N) is 2. The van der Waals surface area contributed by atoms with Gasteiger partial charge < -0.3 is 0 Å². The third kappa shape index (κ3) is 2.24. The van der Waals surface area contributed by atoms with Crippen molar-refractivity contribution in [3.8, 4) is 10.4 Å². The Morgan fingerprint density at radius 3 is 2.70 bits per heavy atom. The minimum atomic E-state index is 0.124. The van der Waals surface area contributed by atoms with Crippen molar-refractivity contribution in [2.75, 3.05) is 0 Å². The standard InChI is InChI=1S/C13H8Cl2N2OS2/c1-2-8(18)9-3-4-10(19-9)11-6(14)5-7(15)12-13(11)17-20-16-12/h3-5H,2H2,1H3. The predicted molar refractivity (Wildman–Crippen MR) is 85.4 cm³/mol. The Labute approximate surface area is 133 Å². The van der Waals surface area contributed by atoms with Gasteiger partial charge in [-0.15, -0.1) is 11.3 Å². The van der Waals surface area contributed by atoms with Crippen LogP contribution in [0.25, 0.3) is 21.5 Å². The van der Waals surface area contributed by atoms with E-state index in [0.717, 1.165) is 27.0 Å². The summed E-state index contributed by atoms with van der Waals surface area (Å²) in [6.45, 7) is 1.85. The third-order valence-corrected chi connectivity index (χ3v) is 5.15. The first-order valence-corrected chi connectivity index (χ1v) is 8.15. The van der Waals surface area contributed by atoms with Gasteiger partial charge in [-0.3, -0.25) is 4.79 Å². The second-order valence-corrected chi connectivity index (χ2v) is 6.54. The number of hydrogen-bond donors (Lipinski definition) is 0. The number of aromatic nitrogens is 2. The van der Waals surface area contributed by atoms with Crippen LogP contribution < -0.4 is 0 Å². The van der Waals surface area contributed by atoms with E-state index in [2.05, 4.69) is 8.75 Å². The van der Waals surface area contributed by atoms with E-state index in [-0.39, 0.29) is 5.78 Å². The van der Waals surface area contributed by atoms with Crippen molar-refractivity contribution in [1.82, 2.24) is 8.75 Å². The molecular weight excluding hydrogens is 335 g/mol. The van der Waals surface area contributed by atoms with Gasteiger partial charge in [0.05, 0.1) is 26.7 Å². The summed E-state index contributed by atoms with van der Waals surface area (Å²) in [5, 5.41) is 1.01. The summed E-state index contributed by atoms with van der Waals surface area (Å²) in [6, 6.07) is 5.38. The van der Waals surface area contributed by atoms with E-state index in [0.29, 0.717) is 27.5 Å². The zero-order valence-corrected chi connectivity index (χ0v) is 13.5. The van der Waals surface area contributed by atoms with E-state index >= 15 is 0 Å². The average molecular weight is 343 g/mol. The van der Waals surface area contributed by atoms with Gasteiger partial charge in [0.15, 0.2) is 5.78 Å². The van der Waals surface area contributed by atoms with Crippen LogP contribution in [-0.4, -0.2) is 14.5 Å². The maximum Gasteiger partial charge on any atom is 0.172 e. The van der Waals surface area contributed by atoms with Gasteiger partial charge in [-0.2, -0.15) is 8.75 Å². The first-order chi connectivity index (χ1) is 9.61. The molecular formula is C13H8Cl2N2OS2. The van der Waals surface area contributed by atoms with Crippen molar-refractivity contribution in [2.24, 2.45) is 0 Å². The molecule has 0 N–H and O–H groups in total. The van der Waals surface area contributed by atoms with Crippen LogP contribution in [0, 0.1) is 0 Å². The minimum absolute atomic E-state index is 0.124. The Balaban J connectivity index is 2.21. The first-order valence-electron chi connectivity index (χ1n) is 5.85. The summed E-state index contributed by atoms with van der Waals surface area (Å²) >= 11 is 14.9. The van der Waals surface area contributed by atoms with Gasteiger partial charge >= 0.3 is 0 Å². The van der Waals surface area contributed by atoms with Crippen LogP contribution in [0.4, 0.5) is 0 Å². The van der Waals surface area contributed by atoms with Crippen molar-refractivity contribution in [3.63, 3.8) is 0 Å². The molecule has 0 bridgehead atoms. The molecule has 1 aromatic carbocycles. The highest BCUT2D eigenvalue weighted by atomic mass is 35.5. The van der Waals surface area contributed by atoms with Crippen LogP contribution >= 0.6 is 46.3 Å².